The standard InChI is InChI=1S/C20H20N4O3S3/c1-13-9-10-16(14(2)12-13)21-20(28)23-22-19(25)15-6-3-4-7-17(15)24-30(26,27)18-8-5-11-29-18/h3-12,24H,1-2H3,(H,22,25)(H2,21,23,28). The lowest BCUT2D eigenvalue weighted by molar-refractivity contribution is 0.0945. The molecule has 0 bridgehead atoms. The van der Waals surface area contributed by atoms with Gasteiger partial charge in [-0.15, -0.1) is 11.3 Å². The Kier molecular flexibility index (Phi) is 6.70. The van der Waals surface area contributed by atoms with E-state index in [1.165, 1.54) is 18.2 Å². The summed E-state index contributed by atoms with van der Waals surface area (Å²) in [5.41, 5.74) is 8.40. The molecule has 0 fully saturated rings. The summed E-state index contributed by atoms with van der Waals surface area (Å²) in [5, 5.41) is 4.88. The van der Waals surface area contributed by atoms with Crippen molar-refractivity contribution < 1.29 is 13.2 Å². The number of amides is 1. The van der Waals surface area contributed by atoms with Crippen LogP contribution in [0.1, 0.15) is 21.5 Å². The first-order valence-electron chi connectivity index (χ1n) is 8.86. The molecule has 156 valence electrons. The minimum absolute atomic E-state index is 0.152. The van der Waals surface area contributed by atoms with Crippen LogP contribution in [0.2, 0.25) is 0 Å². The third kappa shape index (κ3) is 5.35. The second kappa shape index (κ2) is 9.24. The predicted molar refractivity (Wildman–Crippen MR) is 124 cm³/mol. The predicted octanol–water partition coefficient (Wildman–Crippen LogP) is 3.80. The summed E-state index contributed by atoms with van der Waals surface area (Å²) in [6.45, 7) is 3.95. The van der Waals surface area contributed by atoms with Crippen LogP contribution in [0.25, 0.3) is 0 Å². The largest absolute Gasteiger partial charge is 0.331 e. The van der Waals surface area contributed by atoms with Crippen LogP contribution in [0.4, 0.5) is 11.4 Å². The van der Waals surface area contributed by atoms with Gasteiger partial charge in [-0.1, -0.05) is 35.9 Å². The number of rotatable bonds is 5. The van der Waals surface area contributed by atoms with Crippen LogP contribution in [-0.4, -0.2) is 19.4 Å². The van der Waals surface area contributed by atoms with E-state index in [2.05, 4.69) is 20.9 Å². The van der Waals surface area contributed by atoms with Gasteiger partial charge in [0.05, 0.1) is 11.3 Å². The number of benzene rings is 2. The van der Waals surface area contributed by atoms with Crippen molar-refractivity contribution in [2.75, 3.05) is 10.0 Å². The highest BCUT2D eigenvalue weighted by molar-refractivity contribution is 7.94. The highest BCUT2D eigenvalue weighted by Crippen LogP contribution is 2.22. The number of thiocarbonyl (C=S) groups is 1. The average molecular weight is 461 g/mol. The van der Waals surface area contributed by atoms with Crippen molar-refractivity contribution in [1.82, 2.24) is 10.9 Å². The Labute approximate surface area is 184 Å². The Morgan fingerprint density at radius 1 is 0.967 bits per heavy atom. The van der Waals surface area contributed by atoms with Gasteiger partial charge in [0, 0.05) is 5.69 Å². The smallest absolute Gasteiger partial charge is 0.271 e. The quantitative estimate of drug-likeness (QED) is 0.341. The zero-order chi connectivity index (χ0) is 21.7. The molecule has 0 aliphatic carbocycles. The van der Waals surface area contributed by atoms with E-state index in [-0.39, 0.29) is 20.6 Å². The van der Waals surface area contributed by atoms with Gasteiger partial charge in [0.25, 0.3) is 15.9 Å². The van der Waals surface area contributed by atoms with E-state index in [4.69, 9.17) is 12.2 Å². The first-order valence-corrected chi connectivity index (χ1v) is 11.6. The molecule has 1 aromatic heterocycles. The molecule has 0 spiro atoms. The number of carbonyl (C=O) groups is 1. The van der Waals surface area contributed by atoms with Crippen molar-refractivity contribution in [3.63, 3.8) is 0 Å². The normalized spacial score (nSPS) is 10.9. The monoisotopic (exact) mass is 460 g/mol. The Balaban J connectivity index is 1.66. The fraction of sp³-hybridized carbons (Fsp3) is 0.100. The Bertz CT molecular complexity index is 1180. The number of para-hydroxylation sites is 1. The molecule has 3 rings (SSSR count). The molecule has 10 heteroatoms. The summed E-state index contributed by atoms with van der Waals surface area (Å²) >= 11 is 6.32. The van der Waals surface area contributed by atoms with Crippen LogP contribution in [0.3, 0.4) is 0 Å². The molecule has 0 unspecified atom stereocenters. The molecule has 2 aromatic carbocycles. The second-order valence-electron chi connectivity index (χ2n) is 6.43. The number of hydrogen-bond acceptors (Lipinski definition) is 5. The number of anilines is 2. The van der Waals surface area contributed by atoms with E-state index in [0.29, 0.717) is 0 Å². The highest BCUT2D eigenvalue weighted by Gasteiger charge is 2.19. The number of aryl methyl sites for hydroxylation is 2. The maximum Gasteiger partial charge on any atom is 0.271 e. The lowest BCUT2D eigenvalue weighted by Crippen LogP contribution is -2.44. The summed E-state index contributed by atoms with van der Waals surface area (Å²) in [7, 11) is -3.78. The molecular weight excluding hydrogens is 440 g/mol. The lowest BCUT2D eigenvalue weighted by atomic mass is 10.1. The van der Waals surface area contributed by atoms with Crippen molar-refractivity contribution in [3.8, 4) is 0 Å². The molecule has 7 nitrogen and oxygen atoms in total. The zero-order valence-electron chi connectivity index (χ0n) is 16.2. The maximum atomic E-state index is 12.6. The van der Waals surface area contributed by atoms with Gasteiger partial charge in [-0.25, -0.2) is 8.42 Å². The molecule has 0 aliphatic rings. The van der Waals surface area contributed by atoms with Crippen LogP contribution in [0.5, 0.6) is 0 Å². The van der Waals surface area contributed by atoms with Crippen molar-refractivity contribution in [2.45, 2.75) is 18.1 Å². The van der Waals surface area contributed by atoms with Gasteiger partial charge in [0.15, 0.2) is 5.11 Å². The number of hydrogen-bond donors (Lipinski definition) is 4. The molecule has 0 saturated carbocycles. The van der Waals surface area contributed by atoms with Crippen molar-refractivity contribution in [2.24, 2.45) is 0 Å². The number of sulfonamides is 1. The molecule has 30 heavy (non-hydrogen) atoms. The second-order valence-corrected chi connectivity index (χ2v) is 9.70. The Morgan fingerprint density at radius 3 is 2.43 bits per heavy atom. The van der Waals surface area contributed by atoms with Crippen molar-refractivity contribution in [3.05, 3.63) is 76.7 Å². The van der Waals surface area contributed by atoms with E-state index in [9.17, 15) is 13.2 Å². The number of thiophene rings is 1. The average Bonchev–Trinajstić information content (AvgIpc) is 3.24. The summed E-state index contributed by atoms with van der Waals surface area (Å²) in [4.78, 5) is 12.6. The van der Waals surface area contributed by atoms with E-state index in [1.54, 1.807) is 23.6 Å². The van der Waals surface area contributed by atoms with E-state index >= 15 is 0 Å². The lowest BCUT2D eigenvalue weighted by Gasteiger charge is -2.15. The SMILES string of the molecule is Cc1ccc(NC(=S)NNC(=O)c2ccccc2NS(=O)(=O)c2cccs2)c(C)c1. The van der Waals surface area contributed by atoms with Crippen LogP contribution in [0, 0.1) is 13.8 Å². The summed E-state index contributed by atoms with van der Waals surface area (Å²) in [6.07, 6.45) is 0. The molecule has 1 heterocycles. The molecular formula is C20H20N4O3S3. The molecule has 3 aromatic rings. The number of hydrazine groups is 1. The Hall–Kier alpha value is -2.95. The third-order valence-corrected chi connectivity index (χ3v) is 7.06. The summed E-state index contributed by atoms with van der Waals surface area (Å²) in [5.74, 6) is -0.538. The van der Waals surface area contributed by atoms with Gasteiger partial charge in [0.1, 0.15) is 4.21 Å². The number of carbonyl (C=O) groups excluding carboxylic acids is 1. The highest BCUT2D eigenvalue weighted by atomic mass is 32.2. The Morgan fingerprint density at radius 2 is 1.73 bits per heavy atom. The van der Waals surface area contributed by atoms with Crippen molar-refractivity contribution >= 4 is 56.0 Å². The topological polar surface area (TPSA) is 99.3 Å². The van der Waals surface area contributed by atoms with Crippen LogP contribution in [-0.2, 0) is 10.0 Å². The van der Waals surface area contributed by atoms with Crippen LogP contribution >= 0.6 is 23.6 Å². The van der Waals surface area contributed by atoms with Gasteiger partial charge >= 0.3 is 0 Å². The molecule has 0 atom stereocenters. The number of nitrogens with one attached hydrogen (secondary N) is 4. The third-order valence-electron chi connectivity index (χ3n) is 4.10. The first-order chi connectivity index (χ1) is 14.3. The maximum absolute atomic E-state index is 12.6. The first kappa shape index (κ1) is 21.8. The van der Waals surface area contributed by atoms with E-state index in [0.717, 1.165) is 28.2 Å². The summed E-state index contributed by atoms with van der Waals surface area (Å²) in [6, 6.07) is 15.3. The van der Waals surface area contributed by atoms with Gasteiger partial charge in [-0.3, -0.25) is 20.4 Å². The van der Waals surface area contributed by atoms with Crippen LogP contribution < -0.4 is 20.9 Å². The fourth-order valence-corrected chi connectivity index (χ4v) is 4.90. The van der Waals surface area contributed by atoms with E-state index < -0.39 is 15.9 Å². The van der Waals surface area contributed by atoms with Crippen molar-refractivity contribution in [1.29, 1.82) is 0 Å². The van der Waals surface area contributed by atoms with Gasteiger partial charge in [0.2, 0.25) is 0 Å². The van der Waals surface area contributed by atoms with Crippen LogP contribution in [0.15, 0.2) is 64.2 Å². The minimum Gasteiger partial charge on any atom is -0.331 e. The minimum atomic E-state index is -3.78. The van der Waals surface area contributed by atoms with Gasteiger partial charge in [-0.05, 0) is 61.3 Å². The molecule has 4 N–H and O–H groups in total. The molecule has 0 saturated heterocycles. The molecule has 1 amide bonds. The van der Waals surface area contributed by atoms with E-state index in [1.807, 2.05) is 32.0 Å². The fourth-order valence-electron chi connectivity index (χ4n) is 2.67. The van der Waals surface area contributed by atoms with Gasteiger partial charge < -0.3 is 5.32 Å². The zero-order valence-corrected chi connectivity index (χ0v) is 18.7. The molecule has 0 radical (unpaired) electrons. The van der Waals surface area contributed by atoms with Gasteiger partial charge in [-0.2, -0.15) is 0 Å². The molecule has 0 aliphatic heterocycles. The summed E-state index contributed by atoms with van der Waals surface area (Å²) < 4.78 is 27.6.